The van der Waals surface area contributed by atoms with E-state index in [0.717, 1.165) is 55.8 Å². The van der Waals surface area contributed by atoms with Gasteiger partial charge in [0, 0.05) is 11.1 Å². The minimum Gasteiger partial charge on any atom is -0.352 e. The molecule has 1 aliphatic carbocycles. The van der Waals surface area contributed by atoms with Crippen molar-refractivity contribution in [2.75, 3.05) is 13.1 Å². The largest absolute Gasteiger partial charge is 0.352 e. The van der Waals surface area contributed by atoms with Gasteiger partial charge in [-0.25, -0.2) is 0 Å². The zero-order chi connectivity index (χ0) is 16.3. The van der Waals surface area contributed by atoms with E-state index in [4.69, 9.17) is 11.6 Å². The SMILES string of the molecule is CC1CNCCC1NC(=O)C1(c2cccc(Cl)c2)CCCCC1. The van der Waals surface area contributed by atoms with Crippen LogP contribution in [0.15, 0.2) is 24.3 Å². The van der Waals surface area contributed by atoms with Crippen LogP contribution in [0.4, 0.5) is 0 Å². The fraction of sp³-hybridized carbons (Fsp3) is 0.632. The quantitative estimate of drug-likeness (QED) is 0.885. The number of benzene rings is 1. The van der Waals surface area contributed by atoms with Gasteiger partial charge in [0.1, 0.15) is 0 Å². The molecule has 2 fully saturated rings. The van der Waals surface area contributed by atoms with Crippen LogP contribution in [0.25, 0.3) is 0 Å². The number of piperidine rings is 1. The molecule has 3 nitrogen and oxygen atoms in total. The van der Waals surface area contributed by atoms with Crippen molar-refractivity contribution in [3.05, 3.63) is 34.9 Å². The molecule has 1 saturated carbocycles. The van der Waals surface area contributed by atoms with Gasteiger partial charge >= 0.3 is 0 Å². The lowest BCUT2D eigenvalue weighted by atomic mass is 9.68. The smallest absolute Gasteiger partial charge is 0.230 e. The van der Waals surface area contributed by atoms with Gasteiger partial charge in [-0.15, -0.1) is 0 Å². The van der Waals surface area contributed by atoms with Crippen LogP contribution in [0.1, 0.15) is 51.0 Å². The molecular weight excluding hydrogens is 308 g/mol. The molecule has 2 aliphatic rings. The van der Waals surface area contributed by atoms with Gasteiger partial charge in [-0.1, -0.05) is 49.9 Å². The van der Waals surface area contributed by atoms with Crippen molar-refractivity contribution in [3.8, 4) is 0 Å². The molecule has 1 heterocycles. The number of carbonyl (C=O) groups excluding carboxylic acids is 1. The fourth-order valence-corrected chi connectivity index (χ4v) is 4.31. The summed E-state index contributed by atoms with van der Waals surface area (Å²) >= 11 is 6.21. The zero-order valence-corrected chi connectivity index (χ0v) is 14.7. The van der Waals surface area contributed by atoms with Crippen molar-refractivity contribution >= 4 is 17.5 Å². The van der Waals surface area contributed by atoms with E-state index in [1.807, 2.05) is 18.2 Å². The third kappa shape index (κ3) is 3.56. The van der Waals surface area contributed by atoms with Gasteiger partial charge in [-0.2, -0.15) is 0 Å². The predicted octanol–water partition coefficient (Wildman–Crippen LogP) is 3.66. The molecule has 126 valence electrons. The highest BCUT2D eigenvalue weighted by atomic mass is 35.5. The summed E-state index contributed by atoms with van der Waals surface area (Å²) in [6, 6.07) is 8.19. The van der Waals surface area contributed by atoms with Gasteiger partial charge in [0.05, 0.1) is 5.41 Å². The monoisotopic (exact) mass is 334 g/mol. The van der Waals surface area contributed by atoms with Crippen molar-refractivity contribution in [2.45, 2.75) is 56.9 Å². The van der Waals surface area contributed by atoms with Gasteiger partial charge in [-0.05, 0) is 56.0 Å². The van der Waals surface area contributed by atoms with Gasteiger partial charge in [0.15, 0.2) is 0 Å². The Kier molecular flexibility index (Phi) is 5.27. The molecule has 4 heteroatoms. The summed E-state index contributed by atoms with van der Waals surface area (Å²) in [5.41, 5.74) is 0.692. The molecule has 1 saturated heterocycles. The average Bonchev–Trinajstić information content (AvgIpc) is 2.57. The minimum absolute atomic E-state index is 0.207. The van der Waals surface area contributed by atoms with Crippen LogP contribution >= 0.6 is 11.6 Å². The molecule has 1 aromatic rings. The van der Waals surface area contributed by atoms with Gasteiger partial charge in [0.25, 0.3) is 0 Å². The second-order valence-electron chi connectivity index (χ2n) is 7.20. The van der Waals surface area contributed by atoms with Crippen molar-refractivity contribution in [1.82, 2.24) is 10.6 Å². The lowest BCUT2D eigenvalue weighted by molar-refractivity contribution is -0.129. The molecule has 2 N–H and O–H groups in total. The van der Waals surface area contributed by atoms with Gasteiger partial charge < -0.3 is 10.6 Å². The lowest BCUT2D eigenvalue weighted by Gasteiger charge is -2.39. The Morgan fingerprint density at radius 2 is 2.09 bits per heavy atom. The summed E-state index contributed by atoms with van der Waals surface area (Å²) in [6.07, 6.45) is 6.32. The summed E-state index contributed by atoms with van der Waals surface area (Å²) in [7, 11) is 0. The number of rotatable bonds is 3. The number of amides is 1. The Balaban J connectivity index is 1.84. The van der Waals surface area contributed by atoms with Crippen molar-refractivity contribution in [1.29, 1.82) is 0 Å². The summed E-state index contributed by atoms with van der Waals surface area (Å²) in [4.78, 5) is 13.3. The molecule has 1 aromatic carbocycles. The molecule has 0 bridgehead atoms. The number of halogens is 1. The molecule has 2 atom stereocenters. The van der Waals surface area contributed by atoms with Crippen LogP contribution < -0.4 is 10.6 Å². The Morgan fingerprint density at radius 3 is 2.78 bits per heavy atom. The second kappa shape index (κ2) is 7.23. The Bertz CT molecular complexity index is 554. The van der Waals surface area contributed by atoms with Crippen LogP contribution in [0.5, 0.6) is 0 Å². The summed E-state index contributed by atoms with van der Waals surface area (Å²) < 4.78 is 0. The first-order valence-corrected chi connectivity index (χ1v) is 9.27. The molecule has 1 amide bonds. The molecule has 0 spiro atoms. The molecule has 0 radical (unpaired) electrons. The standard InChI is InChI=1S/C19H27ClN2O/c1-14-13-21-11-8-17(14)22-18(23)19(9-3-2-4-10-19)15-6-5-7-16(20)12-15/h5-7,12,14,17,21H,2-4,8-11,13H2,1H3,(H,22,23). The maximum Gasteiger partial charge on any atom is 0.230 e. The first-order valence-electron chi connectivity index (χ1n) is 8.89. The average molecular weight is 335 g/mol. The number of hydrogen-bond donors (Lipinski definition) is 2. The number of hydrogen-bond acceptors (Lipinski definition) is 2. The van der Waals surface area contributed by atoms with E-state index in [2.05, 4.69) is 23.6 Å². The molecular formula is C19H27ClN2O. The van der Waals surface area contributed by atoms with E-state index in [0.29, 0.717) is 5.92 Å². The van der Waals surface area contributed by atoms with Crippen LogP contribution in [-0.2, 0) is 10.2 Å². The summed E-state index contributed by atoms with van der Waals surface area (Å²) in [5.74, 6) is 0.686. The topological polar surface area (TPSA) is 41.1 Å². The first-order chi connectivity index (χ1) is 11.1. The van der Waals surface area contributed by atoms with Crippen LogP contribution in [0, 0.1) is 5.92 Å². The van der Waals surface area contributed by atoms with E-state index >= 15 is 0 Å². The highest BCUT2D eigenvalue weighted by molar-refractivity contribution is 6.30. The highest BCUT2D eigenvalue weighted by Gasteiger charge is 2.42. The van der Waals surface area contributed by atoms with E-state index < -0.39 is 5.41 Å². The van der Waals surface area contributed by atoms with Crippen molar-refractivity contribution in [3.63, 3.8) is 0 Å². The van der Waals surface area contributed by atoms with Crippen LogP contribution in [0.3, 0.4) is 0 Å². The fourth-order valence-electron chi connectivity index (χ4n) is 4.12. The molecule has 0 aromatic heterocycles. The van der Waals surface area contributed by atoms with Crippen molar-refractivity contribution < 1.29 is 4.79 Å². The zero-order valence-electron chi connectivity index (χ0n) is 13.9. The predicted molar refractivity (Wildman–Crippen MR) is 94.8 cm³/mol. The van der Waals surface area contributed by atoms with Gasteiger partial charge in [0.2, 0.25) is 5.91 Å². The third-order valence-electron chi connectivity index (χ3n) is 5.62. The van der Waals surface area contributed by atoms with E-state index in [9.17, 15) is 4.79 Å². The first kappa shape index (κ1) is 16.8. The maximum absolute atomic E-state index is 13.3. The lowest BCUT2D eigenvalue weighted by Crippen LogP contribution is -2.54. The number of nitrogens with one attached hydrogen (secondary N) is 2. The van der Waals surface area contributed by atoms with E-state index in [1.165, 1.54) is 6.42 Å². The third-order valence-corrected chi connectivity index (χ3v) is 5.86. The van der Waals surface area contributed by atoms with Crippen LogP contribution in [-0.4, -0.2) is 25.0 Å². The summed E-state index contributed by atoms with van der Waals surface area (Å²) in [6.45, 7) is 4.18. The Hall–Kier alpha value is -1.06. The maximum atomic E-state index is 13.3. The molecule has 1 aliphatic heterocycles. The second-order valence-corrected chi connectivity index (χ2v) is 7.64. The highest BCUT2D eigenvalue weighted by Crippen LogP contribution is 2.40. The number of carbonyl (C=O) groups is 1. The normalized spacial score (nSPS) is 27.4. The molecule has 2 unspecified atom stereocenters. The molecule has 3 rings (SSSR count). The van der Waals surface area contributed by atoms with E-state index in [-0.39, 0.29) is 11.9 Å². The van der Waals surface area contributed by atoms with Crippen LogP contribution in [0.2, 0.25) is 5.02 Å². The Morgan fingerprint density at radius 1 is 1.30 bits per heavy atom. The van der Waals surface area contributed by atoms with Crippen molar-refractivity contribution in [2.24, 2.45) is 5.92 Å². The van der Waals surface area contributed by atoms with E-state index in [1.54, 1.807) is 0 Å². The summed E-state index contributed by atoms with van der Waals surface area (Å²) in [5, 5.41) is 7.49. The molecule has 23 heavy (non-hydrogen) atoms. The Labute approximate surface area is 144 Å². The minimum atomic E-state index is -0.395. The van der Waals surface area contributed by atoms with Gasteiger partial charge in [-0.3, -0.25) is 4.79 Å².